The van der Waals surface area contributed by atoms with E-state index in [0.29, 0.717) is 0 Å². The summed E-state index contributed by atoms with van der Waals surface area (Å²) >= 11 is 0. The van der Waals surface area contributed by atoms with Gasteiger partial charge in [-0.1, -0.05) is 25.8 Å². The number of benzene rings is 1. The van der Waals surface area contributed by atoms with Crippen molar-refractivity contribution in [3.8, 4) is 0 Å². The largest absolute Gasteiger partial charge is 0.385 e. The van der Waals surface area contributed by atoms with Crippen molar-refractivity contribution in [2.45, 2.75) is 39.5 Å². The molecule has 2 unspecified atom stereocenters. The molecule has 1 amide bonds. The molecule has 1 N–H and O–H groups in total. The molecule has 1 aliphatic rings. The zero-order valence-electron chi connectivity index (χ0n) is 13.8. The van der Waals surface area contributed by atoms with Crippen molar-refractivity contribution in [3.63, 3.8) is 0 Å². The fraction of sp³-hybridized carbons (Fsp3) is 0.611. The number of rotatable bonds is 4. The van der Waals surface area contributed by atoms with Crippen molar-refractivity contribution in [3.05, 3.63) is 29.3 Å². The molecule has 1 fully saturated rings. The number of amides is 1. The van der Waals surface area contributed by atoms with Crippen LogP contribution in [0.1, 0.15) is 48.5 Å². The summed E-state index contributed by atoms with van der Waals surface area (Å²) in [5.41, 5.74) is 3.06. The second-order valence-electron chi connectivity index (χ2n) is 6.75. The van der Waals surface area contributed by atoms with E-state index in [-0.39, 0.29) is 5.91 Å². The topological polar surface area (TPSA) is 32.3 Å². The zero-order valence-corrected chi connectivity index (χ0v) is 13.8. The van der Waals surface area contributed by atoms with Gasteiger partial charge in [0.05, 0.1) is 0 Å². The molecule has 116 valence electrons. The van der Waals surface area contributed by atoms with Crippen molar-refractivity contribution >= 4 is 11.6 Å². The van der Waals surface area contributed by atoms with Gasteiger partial charge in [-0.25, -0.2) is 0 Å². The van der Waals surface area contributed by atoms with Crippen LogP contribution in [0, 0.1) is 18.8 Å². The highest BCUT2D eigenvalue weighted by Gasteiger charge is 2.19. The molecule has 1 saturated carbocycles. The summed E-state index contributed by atoms with van der Waals surface area (Å²) in [5, 5.41) is 3.57. The van der Waals surface area contributed by atoms with E-state index in [1.165, 1.54) is 31.2 Å². The predicted octanol–water partition coefficient (Wildman–Crippen LogP) is 3.94. The number of carbonyl (C=O) groups excluding carboxylic acids is 1. The third-order valence-corrected chi connectivity index (χ3v) is 4.52. The van der Waals surface area contributed by atoms with Crippen LogP contribution in [0.5, 0.6) is 0 Å². The van der Waals surface area contributed by atoms with Crippen molar-refractivity contribution in [1.82, 2.24) is 4.90 Å². The SMILES string of the molecule is Cc1ccc(C(=O)N(C)C)cc1NCC1CCCC(C)C1. The van der Waals surface area contributed by atoms with Gasteiger partial charge in [-0.15, -0.1) is 0 Å². The standard InChI is InChI=1S/C18H28N2O/c1-13-6-5-7-15(10-13)12-19-17-11-16(9-8-14(17)2)18(21)20(3)4/h8-9,11,13,15,19H,5-7,10,12H2,1-4H3. The smallest absolute Gasteiger partial charge is 0.253 e. The van der Waals surface area contributed by atoms with Gasteiger partial charge < -0.3 is 10.2 Å². The second kappa shape index (κ2) is 6.97. The average molecular weight is 288 g/mol. The molecule has 0 spiro atoms. The number of nitrogens with zero attached hydrogens (tertiary/aromatic N) is 1. The summed E-state index contributed by atoms with van der Waals surface area (Å²) in [5.74, 6) is 1.68. The first-order valence-electron chi connectivity index (χ1n) is 8.03. The quantitative estimate of drug-likeness (QED) is 0.910. The van der Waals surface area contributed by atoms with E-state index in [9.17, 15) is 4.79 Å². The number of hydrogen-bond acceptors (Lipinski definition) is 2. The maximum Gasteiger partial charge on any atom is 0.253 e. The molecular formula is C18H28N2O. The lowest BCUT2D eigenvalue weighted by atomic mass is 9.82. The van der Waals surface area contributed by atoms with Crippen molar-refractivity contribution in [2.24, 2.45) is 11.8 Å². The van der Waals surface area contributed by atoms with Gasteiger partial charge in [0.25, 0.3) is 5.91 Å². The van der Waals surface area contributed by atoms with Gasteiger partial charge in [0.1, 0.15) is 0 Å². The Bertz CT molecular complexity index is 496. The van der Waals surface area contributed by atoms with Gasteiger partial charge in [0.2, 0.25) is 0 Å². The van der Waals surface area contributed by atoms with Crippen LogP contribution in [0.2, 0.25) is 0 Å². The zero-order chi connectivity index (χ0) is 15.4. The van der Waals surface area contributed by atoms with Crippen molar-refractivity contribution in [2.75, 3.05) is 26.0 Å². The van der Waals surface area contributed by atoms with E-state index in [1.807, 2.05) is 18.2 Å². The summed E-state index contributed by atoms with van der Waals surface area (Å²) in [6, 6.07) is 5.93. The highest BCUT2D eigenvalue weighted by Crippen LogP contribution is 2.29. The van der Waals surface area contributed by atoms with E-state index in [2.05, 4.69) is 19.2 Å². The Morgan fingerprint density at radius 2 is 2.10 bits per heavy atom. The summed E-state index contributed by atoms with van der Waals surface area (Å²) < 4.78 is 0. The first-order valence-corrected chi connectivity index (χ1v) is 8.03. The number of nitrogens with one attached hydrogen (secondary N) is 1. The van der Waals surface area contributed by atoms with Crippen molar-refractivity contribution in [1.29, 1.82) is 0 Å². The van der Waals surface area contributed by atoms with Crippen LogP contribution >= 0.6 is 0 Å². The minimum Gasteiger partial charge on any atom is -0.385 e. The molecule has 2 rings (SSSR count). The first kappa shape index (κ1) is 15.9. The molecule has 3 nitrogen and oxygen atoms in total. The normalized spacial score (nSPS) is 21.9. The third kappa shape index (κ3) is 4.23. The van der Waals surface area contributed by atoms with Crippen LogP contribution < -0.4 is 5.32 Å². The fourth-order valence-electron chi connectivity index (χ4n) is 3.20. The maximum atomic E-state index is 12.1. The monoisotopic (exact) mass is 288 g/mol. The first-order chi connectivity index (χ1) is 9.97. The van der Waals surface area contributed by atoms with Gasteiger partial charge in [-0.3, -0.25) is 4.79 Å². The molecule has 21 heavy (non-hydrogen) atoms. The minimum absolute atomic E-state index is 0.0596. The lowest BCUT2D eigenvalue weighted by molar-refractivity contribution is 0.0827. The Morgan fingerprint density at radius 3 is 2.76 bits per heavy atom. The van der Waals surface area contributed by atoms with Crippen LogP contribution in [-0.4, -0.2) is 31.4 Å². The Kier molecular flexibility index (Phi) is 5.27. The van der Waals surface area contributed by atoms with Gasteiger partial charge in [0.15, 0.2) is 0 Å². The lowest BCUT2D eigenvalue weighted by Crippen LogP contribution is -2.23. The molecule has 0 bridgehead atoms. The average Bonchev–Trinajstić information content (AvgIpc) is 2.45. The molecule has 0 aromatic heterocycles. The van der Waals surface area contributed by atoms with Crippen LogP contribution in [-0.2, 0) is 0 Å². The molecular weight excluding hydrogens is 260 g/mol. The minimum atomic E-state index is 0.0596. The van der Waals surface area contributed by atoms with E-state index in [4.69, 9.17) is 0 Å². The molecule has 3 heteroatoms. The molecule has 0 heterocycles. The number of aryl methyl sites for hydroxylation is 1. The van der Waals surface area contributed by atoms with E-state index in [1.54, 1.807) is 19.0 Å². The van der Waals surface area contributed by atoms with Crippen LogP contribution in [0.4, 0.5) is 5.69 Å². The van der Waals surface area contributed by atoms with E-state index in [0.717, 1.165) is 29.6 Å². The third-order valence-electron chi connectivity index (χ3n) is 4.52. The Hall–Kier alpha value is -1.51. The van der Waals surface area contributed by atoms with Gasteiger partial charge in [-0.2, -0.15) is 0 Å². The maximum absolute atomic E-state index is 12.1. The van der Waals surface area contributed by atoms with Crippen LogP contribution in [0.3, 0.4) is 0 Å². The number of anilines is 1. The molecule has 1 aromatic carbocycles. The summed E-state index contributed by atoms with van der Waals surface area (Å²) in [6.45, 7) is 5.47. The molecule has 2 atom stereocenters. The van der Waals surface area contributed by atoms with Crippen molar-refractivity contribution < 1.29 is 4.79 Å². The van der Waals surface area contributed by atoms with Gasteiger partial charge in [0, 0.05) is 31.9 Å². The van der Waals surface area contributed by atoms with E-state index >= 15 is 0 Å². The van der Waals surface area contributed by atoms with Crippen LogP contribution in [0.15, 0.2) is 18.2 Å². The van der Waals surface area contributed by atoms with Gasteiger partial charge >= 0.3 is 0 Å². The molecule has 1 aromatic rings. The Labute approximate surface area is 128 Å². The highest BCUT2D eigenvalue weighted by molar-refractivity contribution is 5.95. The van der Waals surface area contributed by atoms with E-state index < -0.39 is 0 Å². The second-order valence-corrected chi connectivity index (χ2v) is 6.75. The molecule has 0 saturated heterocycles. The molecule has 0 radical (unpaired) electrons. The fourth-order valence-corrected chi connectivity index (χ4v) is 3.20. The van der Waals surface area contributed by atoms with Crippen LogP contribution in [0.25, 0.3) is 0 Å². The highest BCUT2D eigenvalue weighted by atomic mass is 16.2. The summed E-state index contributed by atoms with van der Waals surface area (Å²) in [7, 11) is 3.58. The number of hydrogen-bond donors (Lipinski definition) is 1. The summed E-state index contributed by atoms with van der Waals surface area (Å²) in [6.07, 6.45) is 5.38. The summed E-state index contributed by atoms with van der Waals surface area (Å²) in [4.78, 5) is 13.7. The number of carbonyl (C=O) groups is 1. The Balaban J connectivity index is 2.02. The van der Waals surface area contributed by atoms with Gasteiger partial charge in [-0.05, 0) is 49.3 Å². The Morgan fingerprint density at radius 1 is 1.33 bits per heavy atom. The predicted molar refractivity (Wildman–Crippen MR) is 88.8 cm³/mol. The molecule has 0 aliphatic heterocycles. The lowest BCUT2D eigenvalue weighted by Gasteiger charge is -2.27. The molecule has 1 aliphatic carbocycles.